The van der Waals surface area contributed by atoms with Gasteiger partial charge in [0, 0.05) is 19.3 Å². The van der Waals surface area contributed by atoms with E-state index in [1.807, 2.05) is 0 Å². The van der Waals surface area contributed by atoms with Crippen molar-refractivity contribution in [1.29, 1.82) is 0 Å². The maximum Gasteiger partial charge on any atom is 0.306 e. The zero-order valence-corrected chi connectivity index (χ0v) is 50.9. The average molecular weight is 1080 g/mol. The molecule has 78 heavy (non-hydrogen) atoms. The zero-order valence-electron chi connectivity index (χ0n) is 50.9. The molecule has 0 N–H and O–H groups in total. The Morgan fingerprint density at radius 2 is 0.513 bits per heavy atom. The third-order valence-electron chi connectivity index (χ3n) is 13.7. The van der Waals surface area contributed by atoms with E-state index in [0.717, 1.165) is 128 Å². The Morgan fingerprint density at radius 3 is 0.833 bits per heavy atom. The highest BCUT2D eigenvalue weighted by atomic mass is 16.6. The van der Waals surface area contributed by atoms with Crippen molar-refractivity contribution in [3.05, 3.63) is 122 Å². The highest BCUT2D eigenvalue weighted by molar-refractivity contribution is 5.71. The molecule has 1 unspecified atom stereocenters. The Kier molecular flexibility index (Phi) is 61.8. The lowest BCUT2D eigenvalue weighted by atomic mass is 10.1. The Labute approximate surface area is 482 Å². The van der Waals surface area contributed by atoms with Gasteiger partial charge >= 0.3 is 17.9 Å². The lowest BCUT2D eigenvalue weighted by Crippen LogP contribution is -2.30. The van der Waals surface area contributed by atoms with Crippen LogP contribution in [0.4, 0.5) is 0 Å². The minimum atomic E-state index is -0.788. The molecule has 0 aromatic rings. The van der Waals surface area contributed by atoms with Crippen LogP contribution >= 0.6 is 0 Å². The van der Waals surface area contributed by atoms with Gasteiger partial charge in [0.05, 0.1) is 0 Å². The van der Waals surface area contributed by atoms with Crippen molar-refractivity contribution >= 4 is 17.9 Å². The van der Waals surface area contributed by atoms with E-state index in [9.17, 15) is 14.4 Å². The normalized spacial score (nSPS) is 12.9. The molecular weight excluding hydrogens is 961 g/mol. The molecule has 0 heterocycles. The molecule has 6 heteroatoms. The predicted octanol–water partition coefficient (Wildman–Crippen LogP) is 22.4. The Balaban J connectivity index is 4.18. The van der Waals surface area contributed by atoms with E-state index < -0.39 is 6.10 Å². The van der Waals surface area contributed by atoms with Gasteiger partial charge in [-0.1, -0.05) is 271 Å². The number of carbonyl (C=O) groups excluding carboxylic acids is 3. The molecule has 0 aliphatic rings. The Bertz CT molecular complexity index is 1620. The standard InChI is InChI=1S/C72H120O6/c1-4-7-10-13-16-19-22-24-26-27-28-29-30-31-32-33-34-35-36-37-38-39-40-41-42-43-44-45-46-48-50-53-56-59-62-65-71(74)77-68-69(67-76-70(73)64-61-58-55-52-49-21-18-15-12-9-6-3)78-72(75)66-63-60-57-54-51-47-25-23-20-17-14-11-8-5-2/h7,10,15-16,18-19,23-26,28-29,31-32,34-35,37-38,40-41,69H,4-6,8-9,11-14,17,20-22,27,30,33,36,39,42-68H2,1-3H3/b10-7-,18-15-,19-16-,25-23-,26-24-,29-28-,32-31-,35-34-,38-37-,41-40-. The van der Waals surface area contributed by atoms with Crippen LogP contribution in [-0.4, -0.2) is 37.2 Å². The zero-order chi connectivity index (χ0) is 56.4. The van der Waals surface area contributed by atoms with Crippen molar-refractivity contribution in [2.24, 2.45) is 0 Å². The van der Waals surface area contributed by atoms with Gasteiger partial charge in [0.2, 0.25) is 0 Å². The molecule has 0 bridgehead atoms. The molecule has 0 aliphatic heterocycles. The maximum absolute atomic E-state index is 12.8. The van der Waals surface area contributed by atoms with E-state index in [4.69, 9.17) is 14.2 Å². The van der Waals surface area contributed by atoms with Crippen molar-refractivity contribution in [2.45, 2.75) is 303 Å². The molecule has 0 fully saturated rings. The molecule has 0 aromatic heterocycles. The SMILES string of the molecule is CC/C=C\C/C=C\C/C=C\C/C=C\C/C=C\C/C=C\C/C=C\C/C=C\CCCCCCCCCCCCC(=O)OCC(COC(=O)CCCCCCC/C=C\CCCC)OC(=O)CCCCCCC/C=C\CCCCCCC. The minimum Gasteiger partial charge on any atom is -0.462 e. The van der Waals surface area contributed by atoms with Crippen molar-refractivity contribution in [3.8, 4) is 0 Å². The monoisotopic (exact) mass is 1080 g/mol. The molecule has 0 aromatic carbocycles. The van der Waals surface area contributed by atoms with Crippen LogP contribution in [0.25, 0.3) is 0 Å². The topological polar surface area (TPSA) is 78.9 Å². The van der Waals surface area contributed by atoms with Crippen molar-refractivity contribution in [3.63, 3.8) is 0 Å². The van der Waals surface area contributed by atoms with E-state index in [2.05, 4.69) is 142 Å². The second kappa shape index (κ2) is 65.3. The summed E-state index contributed by atoms with van der Waals surface area (Å²) in [5.41, 5.74) is 0. The summed E-state index contributed by atoms with van der Waals surface area (Å²) in [6.45, 7) is 6.47. The predicted molar refractivity (Wildman–Crippen MR) is 339 cm³/mol. The molecule has 0 amide bonds. The third kappa shape index (κ3) is 62.7. The van der Waals surface area contributed by atoms with E-state index >= 15 is 0 Å². The molecular formula is C72H120O6. The van der Waals surface area contributed by atoms with Crippen molar-refractivity contribution < 1.29 is 28.6 Å². The van der Waals surface area contributed by atoms with Gasteiger partial charge in [-0.15, -0.1) is 0 Å². The van der Waals surface area contributed by atoms with Crippen LogP contribution in [0.5, 0.6) is 0 Å². The van der Waals surface area contributed by atoms with Crippen LogP contribution < -0.4 is 0 Å². The number of ether oxygens (including phenoxy) is 3. The molecule has 1 atom stereocenters. The first-order valence-corrected chi connectivity index (χ1v) is 32.5. The minimum absolute atomic E-state index is 0.0864. The van der Waals surface area contributed by atoms with Crippen LogP contribution in [0.1, 0.15) is 297 Å². The molecule has 0 saturated carbocycles. The number of hydrogen-bond acceptors (Lipinski definition) is 6. The lowest BCUT2D eigenvalue weighted by Gasteiger charge is -2.18. The molecule has 0 saturated heterocycles. The summed E-state index contributed by atoms with van der Waals surface area (Å²) < 4.78 is 16.9. The number of hydrogen-bond donors (Lipinski definition) is 0. The van der Waals surface area contributed by atoms with E-state index in [1.165, 1.54) is 128 Å². The fraction of sp³-hybridized carbons (Fsp3) is 0.681. The molecule has 0 radical (unpaired) electrons. The van der Waals surface area contributed by atoms with Crippen LogP contribution in [-0.2, 0) is 28.6 Å². The number of rotatable bonds is 58. The fourth-order valence-corrected chi connectivity index (χ4v) is 8.79. The van der Waals surface area contributed by atoms with Gasteiger partial charge in [-0.25, -0.2) is 0 Å². The summed E-state index contributed by atoms with van der Waals surface area (Å²) in [5, 5.41) is 0. The van der Waals surface area contributed by atoms with Crippen LogP contribution in [0.2, 0.25) is 0 Å². The van der Waals surface area contributed by atoms with Gasteiger partial charge in [-0.3, -0.25) is 14.4 Å². The summed E-state index contributed by atoms with van der Waals surface area (Å²) in [7, 11) is 0. The second-order valence-corrected chi connectivity index (χ2v) is 21.3. The summed E-state index contributed by atoms with van der Waals surface area (Å²) >= 11 is 0. The number of unbranched alkanes of at least 4 members (excludes halogenated alkanes) is 27. The summed E-state index contributed by atoms with van der Waals surface area (Å²) in [6.07, 6.45) is 90.7. The fourth-order valence-electron chi connectivity index (χ4n) is 8.79. The average Bonchev–Trinajstić information content (AvgIpc) is 3.44. The molecule has 6 nitrogen and oxygen atoms in total. The quantitative estimate of drug-likeness (QED) is 0.0261. The Hall–Kier alpha value is -4.19. The van der Waals surface area contributed by atoms with Crippen LogP contribution in [0.15, 0.2) is 122 Å². The molecule has 0 aliphatic carbocycles. The summed E-state index contributed by atoms with van der Waals surface area (Å²) in [6, 6.07) is 0. The highest BCUT2D eigenvalue weighted by Crippen LogP contribution is 2.15. The van der Waals surface area contributed by atoms with E-state index in [-0.39, 0.29) is 31.1 Å². The highest BCUT2D eigenvalue weighted by Gasteiger charge is 2.19. The van der Waals surface area contributed by atoms with Crippen LogP contribution in [0.3, 0.4) is 0 Å². The molecule has 0 rings (SSSR count). The Morgan fingerprint density at radius 1 is 0.269 bits per heavy atom. The maximum atomic E-state index is 12.8. The van der Waals surface area contributed by atoms with Gasteiger partial charge in [0.15, 0.2) is 6.10 Å². The smallest absolute Gasteiger partial charge is 0.306 e. The largest absolute Gasteiger partial charge is 0.462 e. The van der Waals surface area contributed by atoms with Gasteiger partial charge in [0.1, 0.15) is 13.2 Å². The van der Waals surface area contributed by atoms with E-state index in [0.29, 0.717) is 19.3 Å². The van der Waals surface area contributed by atoms with Gasteiger partial charge in [-0.2, -0.15) is 0 Å². The number of carbonyl (C=O) groups is 3. The van der Waals surface area contributed by atoms with Gasteiger partial charge in [0.25, 0.3) is 0 Å². The first-order valence-electron chi connectivity index (χ1n) is 32.5. The lowest BCUT2D eigenvalue weighted by molar-refractivity contribution is -0.167. The molecule has 444 valence electrons. The summed E-state index contributed by atoms with van der Waals surface area (Å²) in [5.74, 6) is -0.905. The molecule has 0 spiro atoms. The summed E-state index contributed by atoms with van der Waals surface area (Å²) in [4.78, 5) is 38.2. The third-order valence-corrected chi connectivity index (χ3v) is 13.7. The number of allylic oxidation sites excluding steroid dienone is 20. The van der Waals surface area contributed by atoms with Crippen LogP contribution in [0, 0.1) is 0 Å². The second-order valence-electron chi connectivity index (χ2n) is 21.3. The van der Waals surface area contributed by atoms with Gasteiger partial charge in [-0.05, 0) is 128 Å². The first kappa shape index (κ1) is 73.8. The van der Waals surface area contributed by atoms with Crippen molar-refractivity contribution in [2.75, 3.05) is 13.2 Å². The van der Waals surface area contributed by atoms with Gasteiger partial charge < -0.3 is 14.2 Å². The first-order chi connectivity index (χ1) is 38.5. The number of esters is 3. The van der Waals surface area contributed by atoms with Crippen molar-refractivity contribution in [1.82, 2.24) is 0 Å². The van der Waals surface area contributed by atoms with E-state index in [1.54, 1.807) is 0 Å².